The van der Waals surface area contributed by atoms with Crippen LogP contribution in [0, 0.1) is 0 Å². The molecule has 0 aliphatic heterocycles. The smallest absolute Gasteiger partial charge is 0.119 e. The molecule has 2 nitrogen and oxygen atoms in total. The molecule has 28 heavy (non-hydrogen) atoms. The van der Waals surface area contributed by atoms with E-state index in [0.717, 1.165) is 18.6 Å². The monoisotopic (exact) mass is 371 g/mol. The molecule has 0 saturated heterocycles. The van der Waals surface area contributed by atoms with Gasteiger partial charge in [0.2, 0.25) is 0 Å². The van der Waals surface area contributed by atoms with Crippen LogP contribution in [0.2, 0.25) is 0 Å². The van der Waals surface area contributed by atoms with Gasteiger partial charge in [-0.2, -0.15) is 0 Å². The quantitative estimate of drug-likeness (QED) is 0.563. The molecule has 2 atom stereocenters. The first-order valence-corrected chi connectivity index (χ1v) is 10.3. The van der Waals surface area contributed by atoms with Crippen LogP contribution in [0.4, 0.5) is 0 Å². The Hall–Kier alpha value is -2.58. The van der Waals surface area contributed by atoms with Crippen LogP contribution in [0.1, 0.15) is 41.0 Å². The lowest BCUT2D eigenvalue weighted by Gasteiger charge is -2.20. The van der Waals surface area contributed by atoms with Crippen LogP contribution in [0.15, 0.2) is 78.9 Å². The van der Waals surface area contributed by atoms with Crippen molar-refractivity contribution in [2.24, 2.45) is 0 Å². The van der Waals surface area contributed by atoms with E-state index in [1.54, 1.807) is 5.56 Å². The van der Waals surface area contributed by atoms with Crippen molar-refractivity contribution in [3.05, 3.63) is 101 Å². The third kappa shape index (κ3) is 4.45. The summed E-state index contributed by atoms with van der Waals surface area (Å²) in [6.07, 6.45) is 4.72. The van der Waals surface area contributed by atoms with E-state index < -0.39 is 0 Å². The Labute approximate surface area is 168 Å². The Morgan fingerprint density at radius 2 is 1.61 bits per heavy atom. The molecule has 2 unspecified atom stereocenters. The highest BCUT2D eigenvalue weighted by atomic mass is 16.5. The summed E-state index contributed by atoms with van der Waals surface area (Å²) in [5, 5.41) is 3.53. The van der Waals surface area contributed by atoms with Crippen LogP contribution in [0.5, 0.6) is 5.75 Å². The molecule has 0 spiro atoms. The number of aryl methyl sites for hydroxylation is 1. The van der Waals surface area contributed by atoms with Crippen LogP contribution in [-0.2, 0) is 19.4 Å². The molecule has 0 fully saturated rings. The molecule has 4 rings (SSSR count). The van der Waals surface area contributed by atoms with Crippen LogP contribution in [0.3, 0.4) is 0 Å². The summed E-state index contributed by atoms with van der Waals surface area (Å²) < 4.78 is 5.89. The fraction of sp³-hybridized carbons (Fsp3) is 0.308. The van der Waals surface area contributed by atoms with Gasteiger partial charge in [0.15, 0.2) is 0 Å². The van der Waals surface area contributed by atoms with E-state index in [2.05, 4.69) is 73.0 Å². The predicted molar refractivity (Wildman–Crippen MR) is 116 cm³/mol. The molecular weight excluding hydrogens is 342 g/mol. The third-order valence-electron chi connectivity index (χ3n) is 5.90. The Bertz CT molecular complexity index is 872. The van der Waals surface area contributed by atoms with Crippen molar-refractivity contribution in [3.8, 4) is 5.75 Å². The molecule has 3 aromatic rings. The first-order valence-electron chi connectivity index (χ1n) is 10.3. The Balaban J connectivity index is 1.28. The summed E-state index contributed by atoms with van der Waals surface area (Å²) in [6.45, 7) is 0.618. The lowest BCUT2D eigenvalue weighted by Crippen LogP contribution is -2.29. The minimum Gasteiger partial charge on any atom is -0.489 e. The second-order valence-corrected chi connectivity index (χ2v) is 7.72. The van der Waals surface area contributed by atoms with Crippen LogP contribution in [-0.4, -0.2) is 13.1 Å². The van der Waals surface area contributed by atoms with Crippen molar-refractivity contribution >= 4 is 0 Å². The second-order valence-electron chi connectivity index (χ2n) is 7.72. The molecule has 0 heterocycles. The summed E-state index contributed by atoms with van der Waals surface area (Å²) in [4.78, 5) is 0. The number of fused-ring (bicyclic) bond motifs is 1. The van der Waals surface area contributed by atoms with E-state index in [-0.39, 0.29) is 0 Å². The zero-order valence-corrected chi connectivity index (χ0v) is 16.6. The van der Waals surface area contributed by atoms with Gasteiger partial charge in [-0.25, -0.2) is 0 Å². The molecule has 1 N–H and O–H groups in total. The fourth-order valence-corrected chi connectivity index (χ4v) is 4.36. The van der Waals surface area contributed by atoms with Gasteiger partial charge in [0.1, 0.15) is 12.4 Å². The lowest BCUT2D eigenvalue weighted by atomic mass is 9.91. The molecule has 0 bridgehead atoms. The second kappa shape index (κ2) is 9.07. The average molecular weight is 372 g/mol. The van der Waals surface area contributed by atoms with Gasteiger partial charge in [-0.1, -0.05) is 66.7 Å². The Morgan fingerprint density at radius 1 is 0.857 bits per heavy atom. The predicted octanol–water partition coefficient (Wildman–Crippen LogP) is 5.52. The molecule has 0 aromatic heterocycles. The number of nitrogens with one attached hydrogen (secondary N) is 1. The van der Waals surface area contributed by atoms with Crippen molar-refractivity contribution in [2.45, 2.75) is 44.2 Å². The topological polar surface area (TPSA) is 21.3 Å². The van der Waals surface area contributed by atoms with Gasteiger partial charge in [0, 0.05) is 6.04 Å². The summed E-state index contributed by atoms with van der Waals surface area (Å²) in [7, 11) is 2.09. The molecule has 144 valence electrons. The number of rotatable bonds is 8. The van der Waals surface area contributed by atoms with Crippen molar-refractivity contribution in [3.63, 3.8) is 0 Å². The van der Waals surface area contributed by atoms with E-state index in [0.29, 0.717) is 18.6 Å². The maximum atomic E-state index is 5.89. The fourth-order valence-electron chi connectivity index (χ4n) is 4.36. The standard InChI is InChI=1S/C26H29NO/c1-27-26-18-22-11-5-6-12-24(22)25(26)13-7-10-20-14-16-23(17-15-20)28-19-21-8-3-2-4-9-21/h2-6,8-9,11-12,14-17,25-27H,7,10,13,18-19H2,1H3. The SMILES string of the molecule is CNC1Cc2ccccc2C1CCCc1ccc(OCc2ccccc2)cc1. The number of ether oxygens (including phenoxy) is 1. The minimum atomic E-state index is 0.575. The molecule has 1 aliphatic rings. The highest BCUT2D eigenvalue weighted by molar-refractivity contribution is 5.37. The lowest BCUT2D eigenvalue weighted by molar-refractivity contribution is 0.306. The summed E-state index contributed by atoms with van der Waals surface area (Å²) >= 11 is 0. The molecular formula is C26H29NO. The molecule has 0 radical (unpaired) electrons. The maximum Gasteiger partial charge on any atom is 0.119 e. The highest BCUT2D eigenvalue weighted by Crippen LogP contribution is 2.36. The van der Waals surface area contributed by atoms with E-state index in [1.807, 2.05) is 18.2 Å². The van der Waals surface area contributed by atoms with Gasteiger partial charge >= 0.3 is 0 Å². The van der Waals surface area contributed by atoms with E-state index in [4.69, 9.17) is 4.74 Å². The van der Waals surface area contributed by atoms with Crippen molar-refractivity contribution in [2.75, 3.05) is 7.05 Å². The van der Waals surface area contributed by atoms with Crippen LogP contribution >= 0.6 is 0 Å². The molecule has 0 amide bonds. The number of hydrogen-bond acceptors (Lipinski definition) is 2. The summed E-state index contributed by atoms with van der Waals surface area (Å²) in [5.41, 5.74) is 5.65. The molecule has 2 heteroatoms. The van der Waals surface area contributed by atoms with Crippen LogP contribution in [0.25, 0.3) is 0 Å². The van der Waals surface area contributed by atoms with E-state index in [9.17, 15) is 0 Å². The molecule has 1 aliphatic carbocycles. The van der Waals surface area contributed by atoms with Gasteiger partial charge in [0.25, 0.3) is 0 Å². The zero-order chi connectivity index (χ0) is 19.2. The first kappa shape index (κ1) is 18.8. The number of hydrogen-bond donors (Lipinski definition) is 1. The largest absolute Gasteiger partial charge is 0.489 e. The van der Waals surface area contributed by atoms with Gasteiger partial charge in [-0.3, -0.25) is 0 Å². The van der Waals surface area contributed by atoms with Gasteiger partial charge in [-0.05, 0) is 73.0 Å². The zero-order valence-electron chi connectivity index (χ0n) is 16.6. The maximum absolute atomic E-state index is 5.89. The van der Waals surface area contributed by atoms with Crippen molar-refractivity contribution in [1.82, 2.24) is 5.32 Å². The van der Waals surface area contributed by atoms with Crippen molar-refractivity contribution in [1.29, 1.82) is 0 Å². The van der Waals surface area contributed by atoms with Crippen LogP contribution < -0.4 is 10.1 Å². The normalized spacial score (nSPS) is 18.0. The van der Waals surface area contributed by atoms with Gasteiger partial charge in [0.05, 0.1) is 0 Å². The number of likely N-dealkylation sites (N-methyl/N-ethyl adjacent to an activating group) is 1. The van der Waals surface area contributed by atoms with Gasteiger partial charge < -0.3 is 10.1 Å². The Kier molecular flexibility index (Phi) is 6.08. The third-order valence-corrected chi connectivity index (χ3v) is 5.90. The molecule has 0 saturated carbocycles. The average Bonchev–Trinajstić information content (AvgIpc) is 3.12. The highest BCUT2D eigenvalue weighted by Gasteiger charge is 2.30. The number of benzene rings is 3. The summed E-state index contributed by atoms with van der Waals surface area (Å²) in [6, 6.07) is 28.4. The summed E-state index contributed by atoms with van der Waals surface area (Å²) in [5.74, 6) is 1.57. The van der Waals surface area contributed by atoms with E-state index >= 15 is 0 Å². The first-order chi connectivity index (χ1) is 13.8. The minimum absolute atomic E-state index is 0.575. The van der Waals surface area contributed by atoms with E-state index in [1.165, 1.54) is 29.5 Å². The van der Waals surface area contributed by atoms with Gasteiger partial charge in [-0.15, -0.1) is 0 Å². The van der Waals surface area contributed by atoms with Crippen molar-refractivity contribution < 1.29 is 4.74 Å². The molecule has 3 aromatic carbocycles. The Morgan fingerprint density at radius 3 is 2.39 bits per heavy atom.